The summed E-state index contributed by atoms with van der Waals surface area (Å²) in [7, 11) is 0. The molecular formula is C22H40N8O6. The van der Waals surface area contributed by atoms with Crippen molar-refractivity contribution >= 4 is 35.6 Å². The van der Waals surface area contributed by atoms with E-state index in [0.717, 1.165) is 6.42 Å². The Bertz CT molecular complexity index is 810. The zero-order valence-corrected chi connectivity index (χ0v) is 20.9. The molecule has 1 aliphatic rings. The number of carboxylic acids is 1. The molecule has 1 fully saturated rings. The van der Waals surface area contributed by atoms with E-state index in [0.29, 0.717) is 19.4 Å². The van der Waals surface area contributed by atoms with Crippen LogP contribution in [0, 0.1) is 5.92 Å². The Hall–Kier alpha value is -3.42. The number of hydrogen-bond donors (Lipinski definition) is 8. The second-order valence-corrected chi connectivity index (χ2v) is 8.94. The van der Waals surface area contributed by atoms with Crippen LogP contribution in [0.4, 0.5) is 0 Å². The maximum atomic E-state index is 13.2. The van der Waals surface area contributed by atoms with Crippen LogP contribution in [0.25, 0.3) is 0 Å². The predicted octanol–water partition coefficient (Wildman–Crippen LogP) is -2.36. The fourth-order valence-electron chi connectivity index (χ4n) is 3.71. The molecule has 0 saturated carbocycles. The molecule has 5 unspecified atom stereocenters. The third kappa shape index (κ3) is 10.9. The average Bonchev–Trinajstić information content (AvgIpc) is 3.35. The van der Waals surface area contributed by atoms with Crippen LogP contribution in [-0.4, -0.2) is 77.9 Å². The Morgan fingerprint density at radius 2 is 1.69 bits per heavy atom. The lowest BCUT2D eigenvalue weighted by Gasteiger charge is -2.28. The van der Waals surface area contributed by atoms with E-state index in [1.54, 1.807) is 6.92 Å². The van der Waals surface area contributed by atoms with Crippen LogP contribution in [0.2, 0.25) is 0 Å². The minimum atomic E-state index is -1.28. The van der Waals surface area contributed by atoms with Crippen molar-refractivity contribution in [3.05, 3.63) is 0 Å². The van der Waals surface area contributed by atoms with Crippen LogP contribution in [-0.2, 0) is 24.0 Å². The van der Waals surface area contributed by atoms with Crippen molar-refractivity contribution in [1.29, 1.82) is 0 Å². The zero-order valence-electron chi connectivity index (χ0n) is 20.9. The van der Waals surface area contributed by atoms with Crippen LogP contribution in [0.15, 0.2) is 4.99 Å². The van der Waals surface area contributed by atoms with Crippen molar-refractivity contribution in [2.75, 3.05) is 13.1 Å². The molecule has 1 aliphatic heterocycles. The highest BCUT2D eigenvalue weighted by Crippen LogP contribution is 2.12. The van der Waals surface area contributed by atoms with E-state index in [4.69, 9.17) is 17.2 Å². The topological polar surface area (TPSA) is 244 Å². The van der Waals surface area contributed by atoms with Gasteiger partial charge in [-0.05, 0) is 44.6 Å². The Labute approximate surface area is 210 Å². The van der Waals surface area contributed by atoms with Gasteiger partial charge in [0, 0.05) is 13.0 Å². The van der Waals surface area contributed by atoms with Gasteiger partial charge < -0.3 is 43.6 Å². The highest BCUT2D eigenvalue weighted by atomic mass is 16.4. The summed E-state index contributed by atoms with van der Waals surface area (Å²) in [5, 5.41) is 20.3. The highest BCUT2D eigenvalue weighted by molar-refractivity contribution is 5.94. The molecule has 4 amide bonds. The van der Waals surface area contributed by atoms with Crippen LogP contribution in [0.5, 0.6) is 0 Å². The van der Waals surface area contributed by atoms with Gasteiger partial charge in [-0.3, -0.25) is 24.2 Å². The molecule has 5 atom stereocenters. The number of guanidine groups is 1. The number of nitrogens with zero attached hydrogens (tertiary/aromatic N) is 1. The van der Waals surface area contributed by atoms with Crippen molar-refractivity contribution in [1.82, 2.24) is 21.3 Å². The zero-order chi connectivity index (χ0) is 27.3. The molecule has 14 heteroatoms. The predicted molar refractivity (Wildman–Crippen MR) is 132 cm³/mol. The maximum Gasteiger partial charge on any atom is 0.326 e. The number of primary amides is 1. The molecule has 0 aromatic carbocycles. The van der Waals surface area contributed by atoms with Crippen LogP contribution < -0.4 is 38.5 Å². The molecule has 1 rings (SSSR count). The van der Waals surface area contributed by atoms with E-state index in [9.17, 15) is 29.1 Å². The van der Waals surface area contributed by atoms with Crippen molar-refractivity contribution < 1.29 is 29.1 Å². The van der Waals surface area contributed by atoms with Gasteiger partial charge in [0.05, 0.1) is 6.04 Å². The second kappa shape index (κ2) is 15.5. The van der Waals surface area contributed by atoms with Gasteiger partial charge in [0.25, 0.3) is 0 Å². The lowest BCUT2D eigenvalue weighted by atomic mass is 9.97. The van der Waals surface area contributed by atoms with Gasteiger partial charge in [0.15, 0.2) is 5.96 Å². The first-order chi connectivity index (χ1) is 17.0. The van der Waals surface area contributed by atoms with E-state index in [-0.39, 0.29) is 50.0 Å². The summed E-state index contributed by atoms with van der Waals surface area (Å²) in [6.45, 7) is 4.55. The minimum Gasteiger partial charge on any atom is -0.480 e. The van der Waals surface area contributed by atoms with E-state index in [2.05, 4.69) is 26.3 Å². The molecule has 11 N–H and O–H groups in total. The summed E-state index contributed by atoms with van der Waals surface area (Å²) in [6.07, 6.45) is 2.05. The van der Waals surface area contributed by atoms with Crippen molar-refractivity contribution in [3.63, 3.8) is 0 Å². The largest absolute Gasteiger partial charge is 0.480 e. The quantitative estimate of drug-likeness (QED) is 0.0625. The molecule has 14 nitrogen and oxygen atoms in total. The van der Waals surface area contributed by atoms with Crippen molar-refractivity contribution in [2.24, 2.45) is 28.1 Å². The SMILES string of the molecule is CCC(C)C(NC(=O)C1CCCN1)C(=O)NC(CCC(N)=O)C(=O)NC(CCCN=C(N)N)C(=O)O. The van der Waals surface area contributed by atoms with Gasteiger partial charge in [0.1, 0.15) is 18.1 Å². The molecule has 0 aromatic heterocycles. The number of aliphatic carboxylic acids is 1. The third-order valence-corrected chi connectivity index (χ3v) is 6.04. The van der Waals surface area contributed by atoms with Gasteiger partial charge in [0.2, 0.25) is 23.6 Å². The summed E-state index contributed by atoms with van der Waals surface area (Å²) < 4.78 is 0. The number of rotatable bonds is 16. The number of nitrogens with two attached hydrogens (primary N) is 3. The van der Waals surface area contributed by atoms with Crippen molar-refractivity contribution in [3.8, 4) is 0 Å². The fourth-order valence-corrected chi connectivity index (χ4v) is 3.71. The third-order valence-electron chi connectivity index (χ3n) is 6.04. The number of carbonyl (C=O) groups excluding carboxylic acids is 4. The van der Waals surface area contributed by atoms with Gasteiger partial charge in [-0.2, -0.15) is 0 Å². The highest BCUT2D eigenvalue weighted by Gasteiger charge is 2.33. The molecule has 0 radical (unpaired) electrons. The van der Waals surface area contributed by atoms with Crippen LogP contribution in [0.3, 0.4) is 0 Å². The standard InChI is InChI=1S/C22H40N8O6/c1-3-12(2)17(30-18(32)13-6-4-10-26-13)20(34)28-14(8-9-16(23)31)19(33)29-15(21(35)36)7-5-11-27-22(24)25/h12-15,17,26H,3-11H2,1-2H3,(H2,23,31)(H,28,34)(H,29,33)(H,30,32)(H,35,36)(H4,24,25,27). The van der Waals surface area contributed by atoms with Gasteiger partial charge >= 0.3 is 5.97 Å². The molecule has 0 aliphatic carbocycles. The molecule has 1 heterocycles. The smallest absolute Gasteiger partial charge is 0.326 e. The summed E-state index contributed by atoms with van der Waals surface area (Å²) in [6, 6.07) is -3.83. The minimum absolute atomic E-state index is 0.0360. The molecule has 1 saturated heterocycles. The monoisotopic (exact) mass is 512 g/mol. The second-order valence-electron chi connectivity index (χ2n) is 8.94. The molecule has 36 heavy (non-hydrogen) atoms. The summed E-state index contributed by atoms with van der Waals surface area (Å²) in [5.41, 5.74) is 15.7. The first-order valence-corrected chi connectivity index (χ1v) is 12.2. The molecule has 0 aromatic rings. The normalized spacial score (nSPS) is 18.2. The van der Waals surface area contributed by atoms with Crippen LogP contribution in [0.1, 0.15) is 58.8 Å². The van der Waals surface area contributed by atoms with E-state index >= 15 is 0 Å². The number of hydrogen-bond acceptors (Lipinski definition) is 7. The van der Waals surface area contributed by atoms with Crippen molar-refractivity contribution in [2.45, 2.75) is 83.0 Å². The summed E-state index contributed by atoms with van der Waals surface area (Å²) in [4.78, 5) is 65.5. The Kier molecular flexibility index (Phi) is 13.2. The first-order valence-electron chi connectivity index (χ1n) is 12.2. The lowest BCUT2D eigenvalue weighted by Crippen LogP contribution is -2.58. The Morgan fingerprint density at radius 1 is 1.03 bits per heavy atom. The summed E-state index contributed by atoms with van der Waals surface area (Å²) in [5.74, 6) is -4.05. The average molecular weight is 513 g/mol. The lowest BCUT2D eigenvalue weighted by molar-refractivity contribution is -0.142. The Balaban J connectivity index is 2.94. The Morgan fingerprint density at radius 3 is 2.22 bits per heavy atom. The molecule has 0 bridgehead atoms. The maximum absolute atomic E-state index is 13.2. The number of carboxylic acid groups (broad SMARTS) is 1. The van der Waals surface area contributed by atoms with E-state index < -0.39 is 47.9 Å². The number of aliphatic imine (C=N–C) groups is 1. The van der Waals surface area contributed by atoms with E-state index in [1.807, 2.05) is 6.92 Å². The fraction of sp³-hybridized carbons (Fsp3) is 0.727. The van der Waals surface area contributed by atoms with Crippen LogP contribution >= 0.6 is 0 Å². The van der Waals surface area contributed by atoms with Gasteiger partial charge in [-0.25, -0.2) is 4.79 Å². The molecule has 0 spiro atoms. The number of carbonyl (C=O) groups is 5. The number of nitrogens with one attached hydrogen (secondary N) is 4. The van der Waals surface area contributed by atoms with Gasteiger partial charge in [-0.1, -0.05) is 20.3 Å². The van der Waals surface area contributed by atoms with Gasteiger partial charge in [-0.15, -0.1) is 0 Å². The summed E-state index contributed by atoms with van der Waals surface area (Å²) >= 11 is 0. The number of amides is 4. The first kappa shape index (κ1) is 30.6. The molecule has 204 valence electrons. The molecular weight excluding hydrogens is 472 g/mol. The van der Waals surface area contributed by atoms with E-state index in [1.165, 1.54) is 0 Å².